The van der Waals surface area contributed by atoms with E-state index in [1.54, 1.807) is 0 Å². The maximum absolute atomic E-state index is 11.7. The molecule has 1 heterocycles. The van der Waals surface area contributed by atoms with E-state index >= 15 is 0 Å². The Labute approximate surface area is 135 Å². The highest BCUT2D eigenvalue weighted by Gasteiger charge is 2.13. The van der Waals surface area contributed by atoms with Crippen LogP contribution in [0.15, 0.2) is 70.3 Å². The van der Waals surface area contributed by atoms with Crippen molar-refractivity contribution in [3.05, 3.63) is 70.9 Å². The molecular formula is C15H10N4O5. The molecule has 0 amide bonds. The first-order chi connectivity index (χ1) is 11.6. The van der Waals surface area contributed by atoms with Gasteiger partial charge in [-0.1, -0.05) is 18.2 Å². The van der Waals surface area contributed by atoms with E-state index in [1.807, 2.05) is 30.3 Å². The first kappa shape index (κ1) is 15.2. The average Bonchev–Trinajstić information content (AvgIpc) is 3.04. The van der Waals surface area contributed by atoms with Crippen molar-refractivity contribution in [3.8, 4) is 11.4 Å². The largest absolute Gasteiger partial charge is 0.566 e. The summed E-state index contributed by atoms with van der Waals surface area (Å²) in [6.45, 7) is 0. The van der Waals surface area contributed by atoms with Gasteiger partial charge < -0.3 is 9.84 Å². The highest BCUT2D eigenvalue weighted by atomic mass is 16.6. The maximum atomic E-state index is 11.7. The summed E-state index contributed by atoms with van der Waals surface area (Å²) in [6.07, 6.45) is 0.493. The van der Waals surface area contributed by atoms with Gasteiger partial charge in [-0.25, -0.2) is 0 Å². The summed E-state index contributed by atoms with van der Waals surface area (Å²) in [7, 11) is 0. The zero-order valence-electron chi connectivity index (χ0n) is 12.1. The molecule has 0 saturated heterocycles. The third-order valence-electron chi connectivity index (χ3n) is 2.93. The van der Waals surface area contributed by atoms with E-state index in [1.165, 1.54) is 35.1 Å². The van der Waals surface area contributed by atoms with Crippen LogP contribution in [-0.2, 0) is 0 Å². The average molecular weight is 326 g/mol. The van der Waals surface area contributed by atoms with Gasteiger partial charge in [-0.05, 0) is 16.8 Å². The predicted octanol–water partition coefficient (Wildman–Crippen LogP) is 1.29. The third kappa shape index (κ3) is 3.53. The van der Waals surface area contributed by atoms with E-state index in [4.69, 9.17) is 9.26 Å². The monoisotopic (exact) mass is 326 g/mol. The second-order valence-corrected chi connectivity index (χ2v) is 4.55. The Balaban J connectivity index is 1.72. The Hall–Kier alpha value is -3.75. The lowest BCUT2D eigenvalue weighted by Crippen LogP contribution is -2.31. The molecule has 9 nitrogen and oxygen atoms in total. The zero-order valence-corrected chi connectivity index (χ0v) is 12.1. The molecule has 2 aromatic carbocycles. The van der Waals surface area contributed by atoms with Crippen molar-refractivity contribution >= 4 is 17.7 Å². The van der Waals surface area contributed by atoms with Crippen molar-refractivity contribution in [1.29, 1.82) is 0 Å². The molecule has 3 rings (SSSR count). The summed E-state index contributed by atoms with van der Waals surface area (Å²) in [5.41, 5.74) is 0.636. The van der Waals surface area contributed by atoms with Gasteiger partial charge in [0.2, 0.25) is 11.0 Å². The second-order valence-electron chi connectivity index (χ2n) is 4.55. The number of ether oxygens (including phenoxy) is 1. The molecule has 0 aliphatic rings. The lowest BCUT2D eigenvalue weighted by Gasteiger charge is -2.12. The summed E-state index contributed by atoms with van der Waals surface area (Å²) < 4.78 is 11.3. The number of rotatable bonds is 4. The Morgan fingerprint density at radius 3 is 2.54 bits per heavy atom. The van der Waals surface area contributed by atoms with Gasteiger partial charge in [-0.2, -0.15) is 4.99 Å². The molecule has 3 aromatic rings. The number of nitrogens with zero attached hydrogens (tertiary/aromatic N) is 4. The number of hydrogen-bond donors (Lipinski definition) is 0. The molecule has 0 saturated carbocycles. The van der Waals surface area contributed by atoms with Gasteiger partial charge in [-0.15, -0.1) is 0 Å². The number of nitro groups is 1. The third-order valence-corrected chi connectivity index (χ3v) is 2.93. The fourth-order valence-corrected chi connectivity index (χ4v) is 1.84. The Bertz CT molecular complexity index is 874. The van der Waals surface area contributed by atoms with Gasteiger partial charge in [0, 0.05) is 30.0 Å². The highest BCUT2D eigenvalue weighted by molar-refractivity contribution is 5.68. The van der Waals surface area contributed by atoms with E-state index in [-0.39, 0.29) is 17.3 Å². The lowest BCUT2D eigenvalue weighted by atomic mass is 10.3. The van der Waals surface area contributed by atoms with Crippen molar-refractivity contribution in [3.63, 3.8) is 0 Å². The maximum Gasteiger partial charge on any atom is 0.323 e. The van der Waals surface area contributed by atoms with E-state index in [0.717, 1.165) is 5.69 Å². The molecule has 0 spiro atoms. The van der Waals surface area contributed by atoms with Gasteiger partial charge >= 0.3 is 5.88 Å². The van der Waals surface area contributed by atoms with Crippen LogP contribution < -0.4 is 14.5 Å². The van der Waals surface area contributed by atoms with Gasteiger partial charge in [-0.3, -0.25) is 14.6 Å². The van der Waals surface area contributed by atoms with Crippen molar-refractivity contribution in [1.82, 2.24) is 5.27 Å². The molecule has 24 heavy (non-hydrogen) atoms. The van der Waals surface area contributed by atoms with E-state index in [2.05, 4.69) is 10.3 Å². The molecule has 0 radical (unpaired) electrons. The lowest BCUT2D eigenvalue weighted by molar-refractivity contribution is -0.670. The molecule has 0 aliphatic carbocycles. The van der Waals surface area contributed by atoms with Gasteiger partial charge in [0.05, 0.1) is 4.92 Å². The Morgan fingerprint density at radius 2 is 1.88 bits per heavy atom. The molecule has 0 atom stereocenters. The first-order valence-electron chi connectivity index (χ1n) is 6.74. The van der Waals surface area contributed by atoms with Crippen LogP contribution in [-0.4, -0.2) is 16.3 Å². The fraction of sp³-hybridized carbons (Fsp3) is 0. The van der Waals surface area contributed by atoms with E-state index in [9.17, 15) is 15.2 Å². The molecule has 9 heteroatoms. The van der Waals surface area contributed by atoms with Crippen LogP contribution in [0.1, 0.15) is 0 Å². The fourth-order valence-electron chi connectivity index (χ4n) is 1.84. The molecule has 0 N–H and O–H groups in total. The second kappa shape index (κ2) is 6.57. The van der Waals surface area contributed by atoms with Crippen LogP contribution in [0, 0.1) is 10.1 Å². The van der Waals surface area contributed by atoms with Gasteiger partial charge in [0.15, 0.2) is 6.08 Å². The number of aliphatic imine (C=N–C) groups is 1. The SMILES string of the molecule is O=[N+]([O-])c1ccc(OC([O-])=Nc2c[n+](-c3ccccc3)no2)cc1. The molecule has 1 aromatic heterocycles. The first-order valence-corrected chi connectivity index (χ1v) is 6.74. The normalized spacial score (nSPS) is 11.2. The Morgan fingerprint density at radius 1 is 1.17 bits per heavy atom. The van der Waals surface area contributed by atoms with Crippen LogP contribution in [0.5, 0.6) is 5.75 Å². The minimum Gasteiger partial charge on any atom is -0.566 e. The minimum atomic E-state index is -0.930. The molecule has 0 aliphatic heterocycles. The van der Waals surface area contributed by atoms with Crippen molar-refractivity contribution in [2.45, 2.75) is 0 Å². The van der Waals surface area contributed by atoms with Gasteiger partial charge in [0.1, 0.15) is 0 Å². The number of benzene rings is 2. The standard InChI is InChI=1S/C15H10N4O5/c20-15(23-13-8-6-12(7-9-13)19(21)22)16-14-10-18(17-24-14)11-4-2-1-3-5-11/h1-10H. The van der Waals surface area contributed by atoms with Crippen LogP contribution in [0.4, 0.5) is 11.6 Å². The van der Waals surface area contributed by atoms with Crippen molar-refractivity contribution in [2.24, 2.45) is 4.99 Å². The zero-order chi connectivity index (χ0) is 16.9. The van der Waals surface area contributed by atoms with E-state index in [0.29, 0.717) is 0 Å². The number of aromatic nitrogens is 2. The van der Waals surface area contributed by atoms with Crippen LogP contribution in [0.25, 0.3) is 5.69 Å². The summed E-state index contributed by atoms with van der Waals surface area (Å²) in [4.78, 5) is 13.6. The molecule has 0 bridgehead atoms. The highest BCUT2D eigenvalue weighted by Crippen LogP contribution is 2.17. The molecule has 120 valence electrons. The number of non-ortho nitro benzene ring substituents is 1. The molecule has 0 fully saturated rings. The number of nitro benzene ring substituents is 1. The number of hydrogen-bond acceptors (Lipinski definition) is 7. The number of para-hydroxylation sites is 1. The Kier molecular flexibility index (Phi) is 4.15. The summed E-state index contributed by atoms with van der Waals surface area (Å²) in [5, 5.41) is 26.0. The summed E-state index contributed by atoms with van der Waals surface area (Å²) in [6, 6.07) is 14.2. The summed E-state index contributed by atoms with van der Waals surface area (Å²) in [5.74, 6) is 0.0931. The quantitative estimate of drug-likeness (QED) is 0.234. The topological polar surface area (TPSA) is 118 Å². The minimum absolute atomic E-state index is 0.0363. The van der Waals surface area contributed by atoms with Crippen molar-refractivity contribution in [2.75, 3.05) is 0 Å². The molecular weight excluding hydrogens is 316 g/mol. The van der Waals surface area contributed by atoms with E-state index < -0.39 is 11.0 Å². The van der Waals surface area contributed by atoms with Crippen molar-refractivity contribution < 1.29 is 24.0 Å². The smallest absolute Gasteiger partial charge is 0.323 e. The summed E-state index contributed by atoms with van der Waals surface area (Å²) >= 11 is 0. The van der Waals surface area contributed by atoms with Crippen LogP contribution in [0.2, 0.25) is 0 Å². The molecule has 0 unspecified atom stereocenters. The van der Waals surface area contributed by atoms with Gasteiger partial charge in [0.25, 0.3) is 11.9 Å². The predicted molar refractivity (Wildman–Crippen MR) is 78.9 cm³/mol. The van der Waals surface area contributed by atoms with Crippen LogP contribution in [0.3, 0.4) is 0 Å². The van der Waals surface area contributed by atoms with Crippen LogP contribution >= 0.6 is 0 Å².